The number of carbonyl (C=O) groups is 1. The summed E-state index contributed by atoms with van der Waals surface area (Å²) in [6.07, 6.45) is -1.14. The SMILES string of the molecule is O=C(O)NCc1cc(-c2ccc(OCc3cc(F)ccc3Cl)cc2)no1. The number of nitrogens with one attached hydrogen (secondary N) is 1. The Kier molecular flexibility index (Phi) is 5.38. The van der Waals surface area contributed by atoms with Gasteiger partial charge in [-0.05, 0) is 42.5 Å². The van der Waals surface area contributed by atoms with Gasteiger partial charge in [0.25, 0.3) is 0 Å². The Balaban J connectivity index is 1.63. The minimum absolute atomic E-state index is 0.0396. The van der Waals surface area contributed by atoms with Crippen LogP contribution in [0.4, 0.5) is 9.18 Å². The van der Waals surface area contributed by atoms with Crippen LogP contribution in [0.2, 0.25) is 5.02 Å². The molecule has 8 heteroatoms. The van der Waals surface area contributed by atoms with Crippen LogP contribution < -0.4 is 10.1 Å². The molecule has 0 atom stereocenters. The van der Waals surface area contributed by atoms with Crippen LogP contribution in [-0.2, 0) is 13.2 Å². The van der Waals surface area contributed by atoms with E-state index in [1.54, 1.807) is 30.3 Å². The first kappa shape index (κ1) is 17.8. The number of hydrogen-bond donors (Lipinski definition) is 2. The lowest BCUT2D eigenvalue weighted by molar-refractivity contribution is 0.192. The number of halogens is 2. The van der Waals surface area contributed by atoms with Gasteiger partial charge in [0.15, 0.2) is 5.76 Å². The van der Waals surface area contributed by atoms with E-state index in [2.05, 4.69) is 10.5 Å². The summed E-state index contributed by atoms with van der Waals surface area (Å²) in [5, 5.41) is 15.1. The molecule has 26 heavy (non-hydrogen) atoms. The van der Waals surface area contributed by atoms with E-state index in [0.29, 0.717) is 27.8 Å². The highest BCUT2D eigenvalue weighted by Crippen LogP contribution is 2.24. The third kappa shape index (κ3) is 4.52. The first-order valence-corrected chi connectivity index (χ1v) is 7.98. The topological polar surface area (TPSA) is 84.6 Å². The van der Waals surface area contributed by atoms with E-state index in [1.165, 1.54) is 18.2 Å². The molecule has 1 amide bonds. The molecule has 0 radical (unpaired) electrons. The van der Waals surface area contributed by atoms with Gasteiger partial charge in [-0.15, -0.1) is 0 Å². The quantitative estimate of drug-likeness (QED) is 0.662. The van der Waals surface area contributed by atoms with Crippen molar-refractivity contribution in [3.63, 3.8) is 0 Å². The van der Waals surface area contributed by atoms with Crippen LogP contribution in [0.3, 0.4) is 0 Å². The minimum atomic E-state index is -1.14. The smallest absolute Gasteiger partial charge is 0.405 e. The Labute approximate surface area is 153 Å². The van der Waals surface area contributed by atoms with E-state index < -0.39 is 6.09 Å². The number of carboxylic acid groups (broad SMARTS) is 1. The van der Waals surface area contributed by atoms with Gasteiger partial charge in [0.1, 0.15) is 23.9 Å². The Bertz CT molecular complexity index is 912. The van der Waals surface area contributed by atoms with Crippen LogP contribution in [0.5, 0.6) is 5.75 Å². The molecule has 2 N–H and O–H groups in total. The average molecular weight is 377 g/mol. The number of nitrogens with zero attached hydrogens (tertiary/aromatic N) is 1. The predicted octanol–water partition coefficient (Wildman–Crippen LogP) is 4.48. The van der Waals surface area contributed by atoms with E-state index in [1.807, 2.05) is 0 Å². The first-order valence-electron chi connectivity index (χ1n) is 7.61. The van der Waals surface area contributed by atoms with Crippen LogP contribution in [0.25, 0.3) is 11.3 Å². The van der Waals surface area contributed by atoms with E-state index in [4.69, 9.17) is 26.0 Å². The highest BCUT2D eigenvalue weighted by Gasteiger charge is 2.08. The first-order chi connectivity index (χ1) is 12.5. The third-order valence-corrected chi connectivity index (χ3v) is 3.89. The van der Waals surface area contributed by atoms with Gasteiger partial charge in [-0.3, -0.25) is 0 Å². The molecule has 3 aromatic rings. The van der Waals surface area contributed by atoms with Gasteiger partial charge in [-0.2, -0.15) is 0 Å². The predicted molar refractivity (Wildman–Crippen MR) is 92.5 cm³/mol. The molecule has 0 aliphatic carbocycles. The number of benzene rings is 2. The molecule has 2 aromatic carbocycles. The standard InChI is InChI=1S/C18H14ClFN2O4/c19-16-6-3-13(20)7-12(16)10-25-14-4-1-11(2-5-14)17-8-15(26-22-17)9-21-18(23)24/h1-8,21H,9-10H2,(H,23,24). The van der Waals surface area contributed by atoms with E-state index in [0.717, 1.165) is 5.56 Å². The van der Waals surface area contributed by atoms with Crippen LogP contribution in [0, 0.1) is 5.82 Å². The lowest BCUT2D eigenvalue weighted by Crippen LogP contribution is -2.19. The van der Waals surface area contributed by atoms with Crippen molar-refractivity contribution < 1.29 is 23.6 Å². The molecular formula is C18H14ClFN2O4. The van der Waals surface area contributed by atoms with Gasteiger partial charge in [-0.1, -0.05) is 16.8 Å². The molecule has 0 aliphatic rings. The van der Waals surface area contributed by atoms with Crippen molar-refractivity contribution in [1.82, 2.24) is 10.5 Å². The van der Waals surface area contributed by atoms with Crippen molar-refractivity contribution in [2.75, 3.05) is 0 Å². The van der Waals surface area contributed by atoms with E-state index in [9.17, 15) is 9.18 Å². The van der Waals surface area contributed by atoms with Crippen LogP contribution >= 0.6 is 11.6 Å². The highest BCUT2D eigenvalue weighted by atomic mass is 35.5. The number of hydrogen-bond acceptors (Lipinski definition) is 4. The molecule has 6 nitrogen and oxygen atoms in total. The third-order valence-electron chi connectivity index (χ3n) is 3.52. The maximum absolute atomic E-state index is 13.2. The average Bonchev–Trinajstić information content (AvgIpc) is 3.10. The molecule has 1 heterocycles. The second-order valence-corrected chi connectivity index (χ2v) is 5.79. The van der Waals surface area contributed by atoms with Gasteiger partial charge >= 0.3 is 6.09 Å². The van der Waals surface area contributed by atoms with Crippen LogP contribution in [0.1, 0.15) is 11.3 Å². The van der Waals surface area contributed by atoms with Crippen molar-refractivity contribution in [3.05, 3.63) is 70.7 Å². The van der Waals surface area contributed by atoms with Gasteiger partial charge in [0.2, 0.25) is 0 Å². The molecule has 0 aliphatic heterocycles. The van der Waals surface area contributed by atoms with Crippen molar-refractivity contribution in [1.29, 1.82) is 0 Å². The van der Waals surface area contributed by atoms with Crippen molar-refractivity contribution in [2.24, 2.45) is 0 Å². The fourth-order valence-electron chi connectivity index (χ4n) is 2.23. The van der Waals surface area contributed by atoms with Gasteiger partial charge < -0.3 is 19.7 Å². The van der Waals surface area contributed by atoms with E-state index in [-0.39, 0.29) is 19.0 Å². The summed E-state index contributed by atoms with van der Waals surface area (Å²) in [6.45, 7) is 0.183. The molecule has 0 bridgehead atoms. The van der Waals surface area contributed by atoms with Crippen molar-refractivity contribution in [3.8, 4) is 17.0 Å². The summed E-state index contributed by atoms with van der Waals surface area (Å²) in [4.78, 5) is 10.5. The molecule has 3 rings (SSSR count). The number of rotatable bonds is 6. The summed E-state index contributed by atoms with van der Waals surface area (Å²) < 4.78 is 23.9. The normalized spacial score (nSPS) is 10.5. The molecular weight excluding hydrogens is 363 g/mol. The fraction of sp³-hybridized carbons (Fsp3) is 0.111. The van der Waals surface area contributed by atoms with E-state index >= 15 is 0 Å². The van der Waals surface area contributed by atoms with Crippen LogP contribution in [0.15, 0.2) is 53.1 Å². The summed E-state index contributed by atoms with van der Waals surface area (Å²) >= 11 is 6.01. The fourth-order valence-corrected chi connectivity index (χ4v) is 2.40. The Hall–Kier alpha value is -3.06. The number of aromatic nitrogens is 1. The molecule has 0 saturated carbocycles. The summed E-state index contributed by atoms with van der Waals surface area (Å²) in [6, 6.07) is 12.8. The Morgan fingerprint density at radius 1 is 1.23 bits per heavy atom. The van der Waals surface area contributed by atoms with Gasteiger partial charge in [-0.25, -0.2) is 9.18 Å². The molecule has 0 spiro atoms. The summed E-state index contributed by atoms with van der Waals surface area (Å²) in [5.41, 5.74) is 1.92. The maximum atomic E-state index is 13.2. The second kappa shape index (κ2) is 7.88. The van der Waals surface area contributed by atoms with Crippen molar-refractivity contribution in [2.45, 2.75) is 13.2 Å². The summed E-state index contributed by atoms with van der Waals surface area (Å²) in [7, 11) is 0. The molecule has 0 fully saturated rings. The Morgan fingerprint density at radius 2 is 2.00 bits per heavy atom. The Morgan fingerprint density at radius 3 is 2.73 bits per heavy atom. The monoisotopic (exact) mass is 376 g/mol. The van der Waals surface area contributed by atoms with Crippen molar-refractivity contribution >= 4 is 17.7 Å². The zero-order valence-electron chi connectivity index (χ0n) is 13.4. The van der Waals surface area contributed by atoms with Gasteiger partial charge in [0, 0.05) is 22.2 Å². The highest BCUT2D eigenvalue weighted by molar-refractivity contribution is 6.31. The number of amides is 1. The largest absolute Gasteiger partial charge is 0.489 e. The second-order valence-electron chi connectivity index (χ2n) is 5.39. The van der Waals surface area contributed by atoms with Crippen LogP contribution in [-0.4, -0.2) is 16.4 Å². The lowest BCUT2D eigenvalue weighted by Gasteiger charge is -2.08. The minimum Gasteiger partial charge on any atom is -0.489 e. The van der Waals surface area contributed by atoms with Gasteiger partial charge in [0.05, 0.1) is 6.54 Å². The number of ether oxygens (including phenoxy) is 1. The zero-order valence-corrected chi connectivity index (χ0v) is 14.2. The molecule has 1 aromatic heterocycles. The lowest BCUT2D eigenvalue weighted by atomic mass is 10.1. The molecule has 134 valence electrons. The molecule has 0 saturated heterocycles. The zero-order chi connectivity index (χ0) is 18.5. The summed E-state index contributed by atoms with van der Waals surface area (Å²) in [5.74, 6) is 0.622. The molecule has 0 unspecified atom stereocenters. The maximum Gasteiger partial charge on any atom is 0.405 e.